The lowest BCUT2D eigenvalue weighted by molar-refractivity contribution is 0.0597. The maximum absolute atomic E-state index is 11.7. The third kappa shape index (κ3) is 3.62. The van der Waals surface area contributed by atoms with Crippen molar-refractivity contribution in [1.82, 2.24) is 4.98 Å². The van der Waals surface area contributed by atoms with Crippen molar-refractivity contribution in [2.24, 2.45) is 0 Å². The number of carbonyl (C=O) groups is 1. The van der Waals surface area contributed by atoms with Crippen molar-refractivity contribution in [3.63, 3.8) is 0 Å². The van der Waals surface area contributed by atoms with Gasteiger partial charge in [0.25, 0.3) is 0 Å². The average molecular weight is 288 g/mol. The molecule has 0 aliphatic heterocycles. The van der Waals surface area contributed by atoms with E-state index in [1.54, 1.807) is 18.2 Å². The van der Waals surface area contributed by atoms with Crippen LogP contribution in [0, 0.1) is 0 Å². The summed E-state index contributed by atoms with van der Waals surface area (Å²) in [5.74, 6) is 0.740. The van der Waals surface area contributed by atoms with Gasteiger partial charge in [-0.25, -0.2) is 9.78 Å². The molecular weight excluding hydrogens is 272 g/mol. The predicted octanol–water partition coefficient (Wildman–Crippen LogP) is 2.64. The van der Waals surface area contributed by atoms with E-state index in [0.29, 0.717) is 23.8 Å². The number of rotatable bonds is 5. The first-order valence-electron chi connectivity index (χ1n) is 6.38. The van der Waals surface area contributed by atoms with Crippen LogP contribution in [-0.2, 0) is 4.74 Å². The number of hydrogen-bond acceptors (Lipinski definition) is 6. The fraction of sp³-hybridized carbons (Fsp3) is 0.200. The first-order chi connectivity index (χ1) is 10.1. The van der Waals surface area contributed by atoms with Crippen molar-refractivity contribution < 1.29 is 19.0 Å². The van der Waals surface area contributed by atoms with Crippen molar-refractivity contribution in [1.29, 1.82) is 0 Å². The SMILES string of the molecule is CCOc1cccc(Oc2ncc(N)cc2C(=O)OC)c1. The second-order valence-corrected chi connectivity index (χ2v) is 4.12. The monoisotopic (exact) mass is 288 g/mol. The zero-order chi connectivity index (χ0) is 15.2. The van der Waals surface area contributed by atoms with Crippen LogP contribution in [0.2, 0.25) is 0 Å². The minimum Gasteiger partial charge on any atom is -0.494 e. The van der Waals surface area contributed by atoms with Gasteiger partial charge in [-0.15, -0.1) is 0 Å². The number of pyridine rings is 1. The van der Waals surface area contributed by atoms with Crippen LogP contribution < -0.4 is 15.2 Å². The van der Waals surface area contributed by atoms with Gasteiger partial charge in [0.15, 0.2) is 0 Å². The highest BCUT2D eigenvalue weighted by atomic mass is 16.5. The first kappa shape index (κ1) is 14.6. The van der Waals surface area contributed by atoms with Gasteiger partial charge < -0.3 is 19.9 Å². The summed E-state index contributed by atoms with van der Waals surface area (Å²) in [7, 11) is 1.28. The molecule has 110 valence electrons. The van der Waals surface area contributed by atoms with Crippen LogP contribution in [0.4, 0.5) is 5.69 Å². The number of carbonyl (C=O) groups excluding carboxylic acids is 1. The molecule has 0 radical (unpaired) electrons. The maximum atomic E-state index is 11.7. The van der Waals surface area contributed by atoms with Crippen LogP contribution in [0.3, 0.4) is 0 Å². The largest absolute Gasteiger partial charge is 0.494 e. The van der Waals surface area contributed by atoms with E-state index in [-0.39, 0.29) is 11.4 Å². The van der Waals surface area contributed by atoms with E-state index in [0.717, 1.165) is 0 Å². The van der Waals surface area contributed by atoms with Gasteiger partial charge in [-0.2, -0.15) is 0 Å². The van der Waals surface area contributed by atoms with Crippen LogP contribution in [0.5, 0.6) is 17.4 Å². The maximum Gasteiger partial charge on any atom is 0.343 e. The Morgan fingerprint density at radius 3 is 2.76 bits per heavy atom. The van der Waals surface area contributed by atoms with Gasteiger partial charge >= 0.3 is 5.97 Å². The third-order valence-corrected chi connectivity index (χ3v) is 2.61. The second-order valence-electron chi connectivity index (χ2n) is 4.12. The van der Waals surface area contributed by atoms with Crippen LogP contribution in [0.1, 0.15) is 17.3 Å². The van der Waals surface area contributed by atoms with Crippen LogP contribution >= 0.6 is 0 Å². The molecule has 0 amide bonds. The first-order valence-corrected chi connectivity index (χ1v) is 6.38. The molecule has 0 fully saturated rings. The molecule has 0 saturated heterocycles. The van der Waals surface area contributed by atoms with E-state index in [9.17, 15) is 4.79 Å². The molecule has 0 unspecified atom stereocenters. The van der Waals surface area contributed by atoms with Gasteiger partial charge in [0.05, 0.1) is 25.6 Å². The second kappa shape index (κ2) is 6.60. The van der Waals surface area contributed by atoms with Gasteiger partial charge in [0.1, 0.15) is 17.1 Å². The lowest BCUT2D eigenvalue weighted by Gasteiger charge is -2.10. The smallest absolute Gasteiger partial charge is 0.343 e. The van der Waals surface area contributed by atoms with Crippen LogP contribution in [0.15, 0.2) is 36.5 Å². The highest BCUT2D eigenvalue weighted by Gasteiger charge is 2.16. The van der Waals surface area contributed by atoms with Crippen molar-refractivity contribution >= 4 is 11.7 Å². The molecule has 1 heterocycles. The molecule has 0 spiro atoms. The lowest BCUT2D eigenvalue weighted by Crippen LogP contribution is -2.06. The van der Waals surface area contributed by atoms with Crippen molar-refractivity contribution in [2.45, 2.75) is 6.92 Å². The highest BCUT2D eigenvalue weighted by molar-refractivity contribution is 5.92. The number of aromatic nitrogens is 1. The summed E-state index contributed by atoms with van der Waals surface area (Å²) in [5, 5.41) is 0. The summed E-state index contributed by atoms with van der Waals surface area (Å²) in [4.78, 5) is 15.8. The van der Waals surface area contributed by atoms with Crippen molar-refractivity contribution in [2.75, 3.05) is 19.5 Å². The fourth-order valence-corrected chi connectivity index (χ4v) is 1.71. The van der Waals surface area contributed by atoms with E-state index in [2.05, 4.69) is 4.98 Å². The minimum atomic E-state index is -0.564. The van der Waals surface area contributed by atoms with E-state index in [1.165, 1.54) is 19.4 Å². The number of anilines is 1. The Balaban J connectivity index is 2.30. The Hall–Kier alpha value is -2.76. The van der Waals surface area contributed by atoms with Gasteiger partial charge in [-0.1, -0.05) is 6.07 Å². The highest BCUT2D eigenvalue weighted by Crippen LogP contribution is 2.27. The number of nitrogens with two attached hydrogens (primary N) is 1. The molecule has 0 aliphatic carbocycles. The molecule has 2 rings (SSSR count). The van der Waals surface area contributed by atoms with Crippen LogP contribution in [0.25, 0.3) is 0 Å². The molecule has 1 aromatic carbocycles. The molecule has 0 saturated carbocycles. The molecule has 1 aromatic heterocycles. The standard InChI is InChI=1S/C15H16N2O4/c1-3-20-11-5-4-6-12(8-11)21-14-13(15(18)19-2)7-10(16)9-17-14/h4-9H,3,16H2,1-2H3. The minimum absolute atomic E-state index is 0.129. The number of methoxy groups -OCH3 is 1. The molecular formula is C15H16N2O4. The summed E-state index contributed by atoms with van der Waals surface area (Å²) in [6, 6.07) is 8.51. The van der Waals surface area contributed by atoms with Crippen LogP contribution in [-0.4, -0.2) is 24.7 Å². The Morgan fingerprint density at radius 1 is 1.29 bits per heavy atom. The normalized spacial score (nSPS) is 10.0. The molecule has 2 aromatic rings. The van der Waals surface area contributed by atoms with Gasteiger partial charge in [-0.05, 0) is 25.1 Å². The number of ether oxygens (including phenoxy) is 3. The molecule has 6 heteroatoms. The number of benzene rings is 1. The molecule has 0 bridgehead atoms. The molecule has 2 N–H and O–H groups in total. The molecule has 0 aliphatic rings. The lowest BCUT2D eigenvalue weighted by atomic mass is 10.2. The molecule has 0 atom stereocenters. The summed E-state index contributed by atoms with van der Waals surface area (Å²) in [6.07, 6.45) is 1.41. The third-order valence-electron chi connectivity index (χ3n) is 2.61. The fourth-order valence-electron chi connectivity index (χ4n) is 1.71. The van der Waals surface area contributed by atoms with E-state index in [4.69, 9.17) is 19.9 Å². The summed E-state index contributed by atoms with van der Waals surface area (Å²) in [6.45, 7) is 2.45. The Bertz CT molecular complexity index is 643. The summed E-state index contributed by atoms with van der Waals surface area (Å²) in [5.41, 5.74) is 6.15. The summed E-state index contributed by atoms with van der Waals surface area (Å²) >= 11 is 0. The number of nitrogens with zero attached hydrogens (tertiary/aromatic N) is 1. The summed E-state index contributed by atoms with van der Waals surface area (Å²) < 4.78 is 15.7. The predicted molar refractivity (Wildman–Crippen MR) is 77.7 cm³/mol. The number of hydrogen-bond donors (Lipinski definition) is 1. The van der Waals surface area contributed by atoms with Gasteiger partial charge in [-0.3, -0.25) is 0 Å². The zero-order valence-electron chi connectivity index (χ0n) is 11.8. The van der Waals surface area contributed by atoms with E-state index < -0.39 is 5.97 Å². The van der Waals surface area contributed by atoms with Gasteiger partial charge in [0.2, 0.25) is 5.88 Å². The average Bonchev–Trinajstić information content (AvgIpc) is 2.49. The van der Waals surface area contributed by atoms with E-state index >= 15 is 0 Å². The number of nitrogen functional groups attached to an aromatic ring is 1. The van der Waals surface area contributed by atoms with Gasteiger partial charge in [0, 0.05) is 6.07 Å². The Labute approximate surface area is 122 Å². The zero-order valence-corrected chi connectivity index (χ0v) is 11.8. The quantitative estimate of drug-likeness (QED) is 0.851. The molecule has 21 heavy (non-hydrogen) atoms. The Kier molecular flexibility index (Phi) is 4.61. The number of esters is 1. The molecule has 6 nitrogen and oxygen atoms in total. The van der Waals surface area contributed by atoms with Crippen molar-refractivity contribution in [3.8, 4) is 17.4 Å². The topological polar surface area (TPSA) is 83.7 Å². The Morgan fingerprint density at radius 2 is 2.05 bits per heavy atom. The van der Waals surface area contributed by atoms with E-state index in [1.807, 2.05) is 13.0 Å². The van der Waals surface area contributed by atoms with Crippen molar-refractivity contribution in [3.05, 3.63) is 42.1 Å².